The molecule has 0 saturated carbocycles. The average Bonchev–Trinajstić information content (AvgIpc) is 2.52. The lowest BCUT2D eigenvalue weighted by Gasteiger charge is -2.20. The predicted molar refractivity (Wildman–Crippen MR) is 57.0 cm³/mol. The van der Waals surface area contributed by atoms with Crippen molar-refractivity contribution in [2.24, 2.45) is 0 Å². The van der Waals surface area contributed by atoms with E-state index in [-0.39, 0.29) is 12.5 Å². The molecule has 0 radical (unpaired) electrons. The van der Waals surface area contributed by atoms with E-state index < -0.39 is 11.6 Å². The van der Waals surface area contributed by atoms with Gasteiger partial charge in [0, 0.05) is 0 Å². The lowest BCUT2D eigenvalue weighted by molar-refractivity contribution is -0.124. The number of carbonyl (C=O) groups excluding carboxylic acids is 2. The average molecular weight is 220 g/mol. The molecule has 2 rings (SSSR count). The molecule has 1 aromatic rings. The third-order valence-electron chi connectivity index (χ3n) is 2.39. The Labute approximate surface area is 92.8 Å². The van der Waals surface area contributed by atoms with E-state index in [0.717, 1.165) is 0 Å². The molecular formula is C11H12N2O3. The van der Waals surface area contributed by atoms with Crippen LogP contribution in [0.15, 0.2) is 30.3 Å². The van der Waals surface area contributed by atoms with Crippen LogP contribution in [0.1, 0.15) is 6.92 Å². The van der Waals surface area contributed by atoms with Crippen molar-refractivity contribution >= 4 is 11.9 Å². The van der Waals surface area contributed by atoms with Gasteiger partial charge in [-0.2, -0.15) is 0 Å². The van der Waals surface area contributed by atoms with Crippen LogP contribution in [0.5, 0.6) is 5.75 Å². The number of benzene rings is 1. The van der Waals surface area contributed by atoms with E-state index in [2.05, 4.69) is 10.6 Å². The minimum absolute atomic E-state index is 0.106. The highest BCUT2D eigenvalue weighted by Crippen LogP contribution is 2.14. The largest absolute Gasteiger partial charge is 0.491 e. The SMILES string of the molecule is C[C@@]1(COc2ccccc2)NC(=O)NC1=O. The smallest absolute Gasteiger partial charge is 0.322 e. The van der Waals surface area contributed by atoms with Gasteiger partial charge in [0.1, 0.15) is 12.4 Å². The molecule has 1 fully saturated rings. The lowest BCUT2D eigenvalue weighted by Crippen LogP contribution is -2.48. The Morgan fingerprint density at radius 1 is 1.25 bits per heavy atom. The Balaban J connectivity index is 2.00. The number of ether oxygens (including phenoxy) is 1. The number of nitrogens with one attached hydrogen (secondary N) is 2. The molecule has 84 valence electrons. The van der Waals surface area contributed by atoms with Crippen LogP contribution in [-0.4, -0.2) is 24.1 Å². The van der Waals surface area contributed by atoms with Gasteiger partial charge < -0.3 is 10.1 Å². The van der Waals surface area contributed by atoms with E-state index in [4.69, 9.17) is 4.74 Å². The van der Waals surface area contributed by atoms with Crippen LogP contribution in [0.25, 0.3) is 0 Å². The second-order valence-corrected chi connectivity index (χ2v) is 3.84. The number of carbonyl (C=O) groups is 2. The molecule has 0 spiro atoms. The van der Waals surface area contributed by atoms with Crippen LogP contribution in [0, 0.1) is 0 Å². The summed E-state index contributed by atoms with van der Waals surface area (Å²) in [5, 5.41) is 4.70. The molecule has 2 N–H and O–H groups in total. The quantitative estimate of drug-likeness (QED) is 0.735. The standard InChI is InChI=1S/C11H12N2O3/c1-11(9(14)12-10(15)13-11)7-16-8-5-3-2-4-6-8/h2-6H,7H2,1H3,(H2,12,13,14,15)/t11-/m0/s1. The van der Waals surface area contributed by atoms with Crippen molar-refractivity contribution < 1.29 is 14.3 Å². The summed E-state index contributed by atoms with van der Waals surface area (Å²) in [6, 6.07) is 8.65. The minimum atomic E-state index is -0.993. The molecule has 3 amide bonds. The molecule has 0 aromatic heterocycles. The van der Waals surface area contributed by atoms with Crippen LogP contribution in [0.4, 0.5) is 4.79 Å². The fourth-order valence-corrected chi connectivity index (χ4v) is 1.43. The lowest BCUT2D eigenvalue weighted by atomic mass is 10.1. The fraction of sp³-hybridized carbons (Fsp3) is 0.273. The monoisotopic (exact) mass is 220 g/mol. The third kappa shape index (κ3) is 1.98. The fourth-order valence-electron chi connectivity index (χ4n) is 1.43. The molecule has 16 heavy (non-hydrogen) atoms. The molecule has 1 saturated heterocycles. The second-order valence-electron chi connectivity index (χ2n) is 3.84. The maximum absolute atomic E-state index is 11.5. The van der Waals surface area contributed by atoms with Gasteiger partial charge in [-0.05, 0) is 19.1 Å². The highest BCUT2D eigenvalue weighted by Gasteiger charge is 2.42. The Morgan fingerprint density at radius 3 is 2.50 bits per heavy atom. The van der Waals surface area contributed by atoms with Crippen LogP contribution in [0.2, 0.25) is 0 Å². The summed E-state index contributed by atoms with van der Waals surface area (Å²) in [5.74, 6) is 0.297. The summed E-state index contributed by atoms with van der Waals surface area (Å²) in [7, 11) is 0. The van der Waals surface area contributed by atoms with Gasteiger partial charge in [-0.15, -0.1) is 0 Å². The van der Waals surface area contributed by atoms with Crippen molar-refractivity contribution in [1.29, 1.82) is 0 Å². The van der Waals surface area contributed by atoms with Crippen LogP contribution in [-0.2, 0) is 4.79 Å². The van der Waals surface area contributed by atoms with E-state index >= 15 is 0 Å². The van der Waals surface area contributed by atoms with Crippen LogP contribution in [0.3, 0.4) is 0 Å². The first-order valence-corrected chi connectivity index (χ1v) is 4.92. The molecule has 0 unspecified atom stereocenters. The number of rotatable bonds is 3. The first-order chi connectivity index (χ1) is 7.60. The second kappa shape index (κ2) is 3.84. The molecule has 5 nitrogen and oxygen atoms in total. The molecule has 1 aliphatic heterocycles. The van der Waals surface area contributed by atoms with E-state index in [9.17, 15) is 9.59 Å². The molecule has 1 heterocycles. The Hall–Kier alpha value is -2.04. The number of hydrogen-bond donors (Lipinski definition) is 2. The Kier molecular flexibility index (Phi) is 2.52. The van der Waals surface area contributed by atoms with Gasteiger partial charge >= 0.3 is 6.03 Å². The van der Waals surface area contributed by atoms with Crippen molar-refractivity contribution in [2.75, 3.05) is 6.61 Å². The summed E-state index contributed by atoms with van der Waals surface area (Å²) in [6.45, 7) is 1.73. The first-order valence-electron chi connectivity index (χ1n) is 4.92. The number of urea groups is 1. The van der Waals surface area contributed by atoms with Crippen molar-refractivity contribution in [3.05, 3.63) is 30.3 Å². The molecule has 5 heteroatoms. The van der Waals surface area contributed by atoms with E-state index in [1.807, 2.05) is 18.2 Å². The van der Waals surface area contributed by atoms with Gasteiger partial charge in [-0.3, -0.25) is 10.1 Å². The zero-order valence-corrected chi connectivity index (χ0v) is 8.82. The summed E-state index contributed by atoms with van der Waals surface area (Å²) < 4.78 is 5.44. The van der Waals surface area contributed by atoms with Crippen molar-refractivity contribution in [2.45, 2.75) is 12.5 Å². The minimum Gasteiger partial charge on any atom is -0.491 e. The summed E-state index contributed by atoms with van der Waals surface area (Å²) in [6.07, 6.45) is 0. The summed E-state index contributed by atoms with van der Waals surface area (Å²) >= 11 is 0. The molecule has 0 aliphatic carbocycles. The van der Waals surface area contributed by atoms with Crippen LogP contribution >= 0.6 is 0 Å². The van der Waals surface area contributed by atoms with Gasteiger partial charge in [0.2, 0.25) is 0 Å². The maximum atomic E-state index is 11.5. The van der Waals surface area contributed by atoms with Gasteiger partial charge in [0.05, 0.1) is 0 Å². The summed E-state index contributed by atoms with van der Waals surface area (Å²) in [4.78, 5) is 22.4. The number of amides is 3. The highest BCUT2D eigenvalue weighted by atomic mass is 16.5. The van der Waals surface area contributed by atoms with E-state index in [1.165, 1.54) is 0 Å². The van der Waals surface area contributed by atoms with Crippen molar-refractivity contribution in [3.8, 4) is 5.75 Å². The highest BCUT2D eigenvalue weighted by molar-refractivity contribution is 6.06. The summed E-state index contributed by atoms with van der Waals surface area (Å²) in [5.41, 5.74) is -0.993. The number of para-hydroxylation sites is 1. The third-order valence-corrected chi connectivity index (χ3v) is 2.39. The predicted octanol–water partition coefficient (Wildman–Crippen LogP) is 0.663. The molecule has 1 aromatic carbocycles. The molecular weight excluding hydrogens is 208 g/mol. The van der Waals surface area contributed by atoms with Gasteiger partial charge in [-0.1, -0.05) is 18.2 Å². The molecule has 1 aliphatic rings. The van der Waals surface area contributed by atoms with Crippen molar-refractivity contribution in [3.63, 3.8) is 0 Å². The molecule has 0 bridgehead atoms. The van der Waals surface area contributed by atoms with Gasteiger partial charge in [0.15, 0.2) is 5.54 Å². The topological polar surface area (TPSA) is 67.4 Å². The number of imide groups is 1. The van der Waals surface area contributed by atoms with Crippen molar-refractivity contribution in [1.82, 2.24) is 10.6 Å². The zero-order chi connectivity index (χ0) is 11.6. The van der Waals surface area contributed by atoms with E-state index in [0.29, 0.717) is 5.75 Å². The first kappa shape index (κ1) is 10.5. The van der Waals surface area contributed by atoms with E-state index in [1.54, 1.807) is 19.1 Å². The zero-order valence-electron chi connectivity index (χ0n) is 8.82. The Bertz CT molecular complexity index is 418. The maximum Gasteiger partial charge on any atom is 0.322 e. The normalized spacial score (nSPS) is 23.8. The van der Waals surface area contributed by atoms with Crippen LogP contribution < -0.4 is 15.4 Å². The number of hydrogen-bond acceptors (Lipinski definition) is 3. The molecule has 1 atom stereocenters. The van der Waals surface area contributed by atoms with Gasteiger partial charge in [-0.25, -0.2) is 4.79 Å². The van der Waals surface area contributed by atoms with Gasteiger partial charge in [0.25, 0.3) is 5.91 Å². The Morgan fingerprint density at radius 2 is 1.94 bits per heavy atom.